The van der Waals surface area contributed by atoms with Gasteiger partial charge < -0.3 is 20.1 Å². The SMILES string of the molecule is CCOC(=O)COc1c(Cl)cc(/C=C2\S[C@@H](Nc3ccc(CC)cc3)NC2=O)cc1Br. The van der Waals surface area contributed by atoms with E-state index >= 15 is 0 Å². The van der Waals surface area contributed by atoms with Gasteiger partial charge in [-0.25, -0.2) is 4.79 Å². The molecule has 1 atom stereocenters. The largest absolute Gasteiger partial charge is 0.479 e. The second kappa shape index (κ2) is 10.9. The van der Waals surface area contributed by atoms with Crippen molar-refractivity contribution < 1.29 is 19.1 Å². The van der Waals surface area contributed by atoms with Crippen molar-refractivity contribution in [2.75, 3.05) is 18.5 Å². The highest BCUT2D eigenvalue weighted by Gasteiger charge is 2.27. The number of thioether (sulfide) groups is 1. The monoisotopic (exact) mass is 524 g/mol. The standard InChI is InChI=1S/C22H22BrClN2O4S/c1-3-13-5-7-15(8-6-13)25-22-26-21(28)18(31-22)11-14-9-16(23)20(17(24)10-14)30-12-19(27)29-4-2/h5-11,22,25H,3-4,12H2,1-2H3,(H,26,28)/b18-11-/t22-/m0/s1. The molecular weight excluding hydrogens is 504 g/mol. The Bertz CT molecular complexity index is 975. The third-order valence-corrected chi connectivity index (χ3v) is 6.25. The van der Waals surface area contributed by atoms with Crippen molar-refractivity contribution in [2.45, 2.75) is 25.8 Å². The van der Waals surface area contributed by atoms with E-state index in [2.05, 4.69) is 45.6 Å². The van der Waals surface area contributed by atoms with Crippen molar-refractivity contribution in [2.24, 2.45) is 0 Å². The van der Waals surface area contributed by atoms with Gasteiger partial charge in [0.25, 0.3) is 5.91 Å². The Morgan fingerprint density at radius 3 is 2.68 bits per heavy atom. The molecule has 0 spiro atoms. The fourth-order valence-electron chi connectivity index (χ4n) is 2.84. The van der Waals surface area contributed by atoms with Gasteiger partial charge in [0, 0.05) is 5.69 Å². The molecule has 1 heterocycles. The zero-order valence-corrected chi connectivity index (χ0v) is 20.2. The third-order valence-electron chi connectivity index (χ3n) is 4.35. The lowest BCUT2D eigenvalue weighted by Crippen LogP contribution is -2.30. The molecule has 6 nitrogen and oxygen atoms in total. The predicted octanol–water partition coefficient (Wildman–Crippen LogP) is 5.21. The van der Waals surface area contributed by atoms with Crippen LogP contribution in [0.3, 0.4) is 0 Å². The third kappa shape index (κ3) is 6.41. The lowest BCUT2D eigenvalue weighted by Gasteiger charge is -2.13. The average molecular weight is 526 g/mol. The first-order chi connectivity index (χ1) is 14.9. The molecule has 9 heteroatoms. The van der Waals surface area contributed by atoms with Crippen LogP contribution in [0.1, 0.15) is 25.0 Å². The van der Waals surface area contributed by atoms with E-state index in [1.807, 2.05) is 12.1 Å². The Kier molecular flexibility index (Phi) is 8.28. The predicted molar refractivity (Wildman–Crippen MR) is 128 cm³/mol. The number of rotatable bonds is 8. The van der Waals surface area contributed by atoms with E-state index in [1.165, 1.54) is 17.3 Å². The molecule has 0 aliphatic carbocycles. The molecule has 1 saturated heterocycles. The van der Waals surface area contributed by atoms with E-state index in [0.29, 0.717) is 20.2 Å². The molecule has 0 bridgehead atoms. The number of hydrogen-bond acceptors (Lipinski definition) is 6. The summed E-state index contributed by atoms with van der Waals surface area (Å²) in [6.07, 6.45) is 2.74. The smallest absolute Gasteiger partial charge is 0.344 e. The van der Waals surface area contributed by atoms with Crippen LogP contribution in [0.4, 0.5) is 5.69 Å². The van der Waals surface area contributed by atoms with Crippen molar-refractivity contribution >= 4 is 62.9 Å². The molecule has 1 aliphatic rings. The van der Waals surface area contributed by atoms with E-state index in [-0.39, 0.29) is 24.6 Å². The number of benzene rings is 2. The minimum Gasteiger partial charge on any atom is -0.479 e. The Morgan fingerprint density at radius 2 is 2.03 bits per heavy atom. The molecule has 2 N–H and O–H groups in total. The molecule has 164 valence electrons. The maximum Gasteiger partial charge on any atom is 0.344 e. The average Bonchev–Trinajstić information content (AvgIpc) is 3.06. The van der Waals surface area contributed by atoms with E-state index in [0.717, 1.165) is 17.7 Å². The van der Waals surface area contributed by atoms with Gasteiger partial charge in [-0.2, -0.15) is 0 Å². The quantitative estimate of drug-likeness (QED) is 0.364. The summed E-state index contributed by atoms with van der Waals surface area (Å²) in [4.78, 5) is 24.5. The zero-order valence-electron chi connectivity index (χ0n) is 17.0. The first kappa shape index (κ1) is 23.5. The molecule has 1 amide bonds. The number of hydrogen-bond donors (Lipinski definition) is 2. The number of carbonyl (C=O) groups excluding carboxylic acids is 2. The number of ether oxygens (including phenoxy) is 2. The summed E-state index contributed by atoms with van der Waals surface area (Å²) in [5.74, 6) is -0.295. The first-order valence-corrected chi connectivity index (χ1v) is 11.8. The van der Waals surface area contributed by atoms with Gasteiger partial charge >= 0.3 is 5.97 Å². The number of carbonyl (C=O) groups is 2. The number of aryl methyl sites for hydroxylation is 1. The molecule has 0 saturated carbocycles. The summed E-state index contributed by atoms with van der Waals surface area (Å²) in [6, 6.07) is 11.6. The number of anilines is 1. The van der Waals surface area contributed by atoms with Crippen molar-refractivity contribution in [1.29, 1.82) is 0 Å². The van der Waals surface area contributed by atoms with Crippen LogP contribution in [0.2, 0.25) is 5.02 Å². The highest BCUT2D eigenvalue weighted by Crippen LogP contribution is 2.37. The fourth-order valence-corrected chi connectivity index (χ4v) is 4.81. The van der Waals surface area contributed by atoms with E-state index in [4.69, 9.17) is 21.1 Å². The van der Waals surface area contributed by atoms with Crippen molar-refractivity contribution in [3.63, 3.8) is 0 Å². The summed E-state index contributed by atoms with van der Waals surface area (Å²) < 4.78 is 10.9. The highest BCUT2D eigenvalue weighted by molar-refractivity contribution is 9.10. The lowest BCUT2D eigenvalue weighted by atomic mass is 10.1. The van der Waals surface area contributed by atoms with E-state index in [1.54, 1.807) is 25.1 Å². The van der Waals surface area contributed by atoms with Gasteiger partial charge in [-0.3, -0.25) is 4.79 Å². The van der Waals surface area contributed by atoms with Crippen LogP contribution in [-0.2, 0) is 20.7 Å². The molecule has 1 fully saturated rings. The summed E-state index contributed by atoms with van der Waals surface area (Å²) in [5, 5.41) is 6.53. The van der Waals surface area contributed by atoms with Crippen molar-refractivity contribution in [3.05, 3.63) is 61.9 Å². The molecule has 0 unspecified atom stereocenters. The van der Waals surface area contributed by atoms with Crippen molar-refractivity contribution in [3.8, 4) is 5.75 Å². The minimum atomic E-state index is -0.474. The van der Waals surface area contributed by atoms with Crippen LogP contribution in [0.5, 0.6) is 5.75 Å². The zero-order chi connectivity index (χ0) is 22.4. The minimum absolute atomic E-state index is 0.164. The summed E-state index contributed by atoms with van der Waals surface area (Å²) in [7, 11) is 0. The molecule has 0 radical (unpaired) electrons. The molecule has 0 aromatic heterocycles. The summed E-state index contributed by atoms with van der Waals surface area (Å²) >= 11 is 11.1. The van der Waals surface area contributed by atoms with Crippen LogP contribution in [0.25, 0.3) is 6.08 Å². The Labute approximate surface area is 198 Å². The Morgan fingerprint density at radius 1 is 1.29 bits per heavy atom. The molecular formula is C22H22BrClN2O4S. The fraction of sp³-hybridized carbons (Fsp3) is 0.273. The highest BCUT2D eigenvalue weighted by atomic mass is 79.9. The number of amides is 1. The Hall–Kier alpha value is -2.16. The van der Waals surface area contributed by atoms with Crippen LogP contribution in [-0.4, -0.2) is 30.6 Å². The van der Waals surface area contributed by atoms with Crippen LogP contribution >= 0.6 is 39.3 Å². The number of halogens is 2. The van der Waals surface area contributed by atoms with E-state index < -0.39 is 5.97 Å². The van der Waals surface area contributed by atoms with Crippen LogP contribution in [0.15, 0.2) is 45.8 Å². The normalized spacial score (nSPS) is 16.8. The molecule has 3 rings (SSSR count). The van der Waals surface area contributed by atoms with Gasteiger partial charge in [-0.15, -0.1) is 0 Å². The van der Waals surface area contributed by atoms with Gasteiger partial charge in [0.15, 0.2) is 17.9 Å². The van der Waals surface area contributed by atoms with Gasteiger partial charge in [0.05, 0.1) is 21.0 Å². The lowest BCUT2D eigenvalue weighted by molar-refractivity contribution is -0.145. The Balaban J connectivity index is 1.67. The molecule has 31 heavy (non-hydrogen) atoms. The van der Waals surface area contributed by atoms with Gasteiger partial charge in [0.2, 0.25) is 0 Å². The van der Waals surface area contributed by atoms with E-state index in [9.17, 15) is 9.59 Å². The molecule has 2 aromatic rings. The second-order valence-electron chi connectivity index (χ2n) is 6.58. The maximum atomic E-state index is 12.4. The molecule has 2 aromatic carbocycles. The number of esters is 1. The second-order valence-corrected chi connectivity index (χ2v) is 8.99. The number of nitrogens with one attached hydrogen (secondary N) is 2. The van der Waals surface area contributed by atoms with Gasteiger partial charge in [-0.05, 0) is 70.7 Å². The van der Waals surface area contributed by atoms with Crippen LogP contribution < -0.4 is 15.4 Å². The summed E-state index contributed by atoms with van der Waals surface area (Å²) in [6.45, 7) is 3.87. The van der Waals surface area contributed by atoms with Crippen LogP contribution in [0, 0.1) is 0 Å². The molecule has 1 aliphatic heterocycles. The van der Waals surface area contributed by atoms with Gasteiger partial charge in [-0.1, -0.05) is 42.4 Å². The maximum absolute atomic E-state index is 12.4. The summed E-state index contributed by atoms with van der Waals surface area (Å²) in [5.41, 5.74) is 2.65. The first-order valence-electron chi connectivity index (χ1n) is 9.71. The van der Waals surface area contributed by atoms with Gasteiger partial charge in [0.1, 0.15) is 0 Å². The van der Waals surface area contributed by atoms with Crippen molar-refractivity contribution in [1.82, 2.24) is 5.32 Å². The topological polar surface area (TPSA) is 76.7 Å².